The van der Waals surface area contributed by atoms with Gasteiger partial charge in [0.05, 0.1) is 6.61 Å². The molecule has 1 atom stereocenters. The van der Waals surface area contributed by atoms with E-state index in [4.69, 9.17) is 4.74 Å². The number of ether oxygens (including phenoxy) is 1. The number of carbonyl (C=O) groups excluding carboxylic acids is 1. The summed E-state index contributed by atoms with van der Waals surface area (Å²) in [5.41, 5.74) is 0. The molecule has 0 aliphatic heterocycles. The summed E-state index contributed by atoms with van der Waals surface area (Å²) in [5.74, 6) is 1.53. The highest BCUT2D eigenvalue weighted by Gasteiger charge is 2.30. The van der Waals surface area contributed by atoms with Crippen LogP contribution in [0.5, 0.6) is 0 Å². The van der Waals surface area contributed by atoms with Crippen LogP contribution in [0.25, 0.3) is 0 Å². The lowest BCUT2D eigenvalue weighted by Crippen LogP contribution is -2.22. The average molecular weight is 265 g/mol. The molecule has 1 heterocycles. The van der Waals surface area contributed by atoms with Crippen LogP contribution in [0.2, 0.25) is 0 Å². The normalized spacial score (nSPS) is 17.9. The molecule has 5 heteroatoms. The van der Waals surface area contributed by atoms with E-state index in [-0.39, 0.29) is 17.8 Å². The zero-order chi connectivity index (χ0) is 13.8. The fraction of sp³-hybridized carbons (Fsp3) is 0.786. The standard InChI is InChI=1S/C14H23N3O2/c1-4-19-14(18)11(9(2)3)13-15-12(16-17-13)10-7-5-6-8-10/h9-11H,4-8H2,1-3H3,(H,15,16,17). The summed E-state index contributed by atoms with van der Waals surface area (Å²) in [7, 11) is 0. The van der Waals surface area contributed by atoms with Crippen molar-refractivity contribution in [3.63, 3.8) is 0 Å². The molecule has 1 aromatic heterocycles. The summed E-state index contributed by atoms with van der Waals surface area (Å²) < 4.78 is 5.12. The zero-order valence-corrected chi connectivity index (χ0v) is 12.0. The van der Waals surface area contributed by atoms with Gasteiger partial charge in [-0.05, 0) is 25.7 Å². The molecular formula is C14H23N3O2. The van der Waals surface area contributed by atoms with Crippen molar-refractivity contribution in [2.75, 3.05) is 6.61 Å². The highest BCUT2D eigenvalue weighted by Crippen LogP contribution is 2.33. The van der Waals surface area contributed by atoms with Crippen molar-refractivity contribution in [1.82, 2.24) is 15.2 Å². The van der Waals surface area contributed by atoms with Crippen LogP contribution in [0, 0.1) is 5.92 Å². The first-order chi connectivity index (χ1) is 9.13. The first-order valence-electron chi connectivity index (χ1n) is 7.22. The third kappa shape index (κ3) is 3.14. The maximum absolute atomic E-state index is 12.0. The number of nitrogens with one attached hydrogen (secondary N) is 1. The number of nitrogens with zero attached hydrogens (tertiary/aromatic N) is 2. The minimum Gasteiger partial charge on any atom is -0.465 e. The van der Waals surface area contributed by atoms with Gasteiger partial charge in [0, 0.05) is 5.92 Å². The summed E-state index contributed by atoms with van der Waals surface area (Å²) in [6.45, 7) is 6.19. The molecule has 0 amide bonds. The lowest BCUT2D eigenvalue weighted by molar-refractivity contribution is -0.146. The quantitative estimate of drug-likeness (QED) is 0.831. The topological polar surface area (TPSA) is 67.9 Å². The van der Waals surface area contributed by atoms with Crippen LogP contribution >= 0.6 is 0 Å². The van der Waals surface area contributed by atoms with E-state index in [2.05, 4.69) is 15.2 Å². The summed E-state index contributed by atoms with van der Waals surface area (Å²) in [4.78, 5) is 16.5. The maximum atomic E-state index is 12.0. The molecule has 5 nitrogen and oxygen atoms in total. The van der Waals surface area contributed by atoms with Gasteiger partial charge in [0.1, 0.15) is 11.7 Å². The van der Waals surface area contributed by atoms with E-state index >= 15 is 0 Å². The molecular weight excluding hydrogens is 242 g/mol. The van der Waals surface area contributed by atoms with Crippen molar-refractivity contribution in [1.29, 1.82) is 0 Å². The van der Waals surface area contributed by atoms with Crippen LogP contribution in [0.4, 0.5) is 0 Å². The fourth-order valence-corrected chi connectivity index (χ4v) is 2.72. The molecule has 0 radical (unpaired) electrons. The Morgan fingerprint density at radius 3 is 2.68 bits per heavy atom. The Hall–Kier alpha value is -1.39. The second kappa shape index (κ2) is 6.17. The number of esters is 1. The number of hydrogen-bond acceptors (Lipinski definition) is 4. The van der Waals surface area contributed by atoms with Crippen molar-refractivity contribution in [3.05, 3.63) is 11.6 Å². The van der Waals surface area contributed by atoms with E-state index in [0.29, 0.717) is 18.3 Å². The van der Waals surface area contributed by atoms with E-state index < -0.39 is 0 Å². The van der Waals surface area contributed by atoms with Gasteiger partial charge in [-0.15, -0.1) is 0 Å². The first-order valence-corrected chi connectivity index (χ1v) is 7.22. The van der Waals surface area contributed by atoms with E-state index in [1.165, 1.54) is 25.7 Å². The molecule has 1 aliphatic rings. The van der Waals surface area contributed by atoms with Crippen molar-refractivity contribution in [2.24, 2.45) is 5.92 Å². The highest BCUT2D eigenvalue weighted by atomic mass is 16.5. The third-order valence-corrected chi connectivity index (χ3v) is 3.75. The summed E-state index contributed by atoms with van der Waals surface area (Å²) in [5, 5.41) is 7.26. The molecule has 1 aromatic rings. The van der Waals surface area contributed by atoms with Crippen LogP contribution in [0.3, 0.4) is 0 Å². The minimum atomic E-state index is -0.369. The van der Waals surface area contributed by atoms with Gasteiger partial charge in [0.15, 0.2) is 5.82 Å². The number of hydrogen-bond donors (Lipinski definition) is 1. The number of aromatic nitrogens is 3. The Balaban J connectivity index is 2.15. The predicted molar refractivity (Wildman–Crippen MR) is 71.8 cm³/mol. The van der Waals surface area contributed by atoms with Gasteiger partial charge in [-0.3, -0.25) is 9.89 Å². The van der Waals surface area contributed by atoms with Crippen LogP contribution in [0.15, 0.2) is 0 Å². The van der Waals surface area contributed by atoms with Crippen molar-refractivity contribution < 1.29 is 9.53 Å². The van der Waals surface area contributed by atoms with Crippen molar-refractivity contribution in [2.45, 2.75) is 58.3 Å². The van der Waals surface area contributed by atoms with Crippen molar-refractivity contribution in [3.8, 4) is 0 Å². The van der Waals surface area contributed by atoms with Crippen LogP contribution in [-0.2, 0) is 9.53 Å². The van der Waals surface area contributed by atoms with Gasteiger partial charge >= 0.3 is 5.97 Å². The summed E-state index contributed by atoms with van der Waals surface area (Å²) >= 11 is 0. The molecule has 19 heavy (non-hydrogen) atoms. The van der Waals surface area contributed by atoms with E-state index in [0.717, 1.165) is 5.82 Å². The molecule has 0 bridgehead atoms. The predicted octanol–water partition coefficient (Wildman–Crippen LogP) is 2.77. The van der Waals surface area contributed by atoms with Gasteiger partial charge in [-0.25, -0.2) is 4.98 Å². The Kier molecular flexibility index (Phi) is 4.56. The third-order valence-electron chi connectivity index (χ3n) is 3.75. The second-order valence-electron chi connectivity index (χ2n) is 5.53. The largest absolute Gasteiger partial charge is 0.465 e. The molecule has 0 aromatic carbocycles. The first kappa shape index (κ1) is 14.0. The number of H-pyrrole nitrogens is 1. The molecule has 0 saturated heterocycles. The van der Waals surface area contributed by atoms with Gasteiger partial charge in [0.2, 0.25) is 0 Å². The molecule has 1 aliphatic carbocycles. The van der Waals surface area contributed by atoms with Crippen LogP contribution in [0.1, 0.15) is 69.9 Å². The lowest BCUT2D eigenvalue weighted by Gasteiger charge is -2.15. The molecule has 1 fully saturated rings. The van der Waals surface area contributed by atoms with Crippen LogP contribution in [-0.4, -0.2) is 27.8 Å². The van der Waals surface area contributed by atoms with E-state index in [9.17, 15) is 4.79 Å². The fourth-order valence-electron chi connectivity index (χ4n) is 2.72. The second-order valence-corrected chi connectivity index (χ2v) is 5.53. The SMILES string of the molecule is CCOC(=O)C(c1n[nH]c(C2CCCC2)n1)C(C)C. The molecule has 1 unspecified atom stereocenters. The lowest BCUT2D eigenvalue weighted by atomic mass is 9.95. The van der Waals surface area contributed by atoms with E-state index in [1.807, 2.05) is 20.8 Å². The summed E-state index contributed by atoms with van der Waals surface area (Å²) in [6, 6.07) is 0. The number of rotatable bonds is 5. The monoisotopic (exact) mass is 265 g/mol. The highest BCUT2D eigenvalue weighted by molar-refractivity contribution is 5.77. The Morgan fingerprint density at radius 1 is 1.42 bits per heavy atom. The van der Waals surface area contributed by atoms with Gasteiger partial charge in [0.25, 0.3) is 0 Å². The smallest absolute Gasteiger partial charge is 0.317 e. The van der Waals surface area contributed by atoms with Gasteiger partial charge in [-0.2, -0.15) is 5.10 Å². The molecule has 0 spiro atoms. The number of carbonyl (C=O) groups is 1. The minimum absolute atomic E-state index is 0.131. The average Bonchev–Trinajstić information content (AvgIpc) is 2.98. The van der Waals surface area contributed by atoms with Gasteiger partial charge in [-0.1, -0.05) is 26.7 Å². The Bertz CT molecular complexity index is 422. The summed E-state index contributed by atoms with van der Waals surface area (Å²) in [6.07, 6.45) is 4.85. The molecule has 2 rings (SSSR count). The Labute approximate surface area is 114 Å². The van der Waals surface area contributed by atoms with Crippen molar-refractivity contribution >= 4 is 5.97 Å². The molecule has 106 valence electrons. The molecule has 1 N–H and O–H groups in total. The maximum Gasteiger partial charge on any atom is 0.317 e. The Morgan fingerprint density at radius 2 is 2.11 bits per heavy atom. The van der Waals surface area contributed by atoms with Crippen LogP contribution < -0.4 is 0 Å². The number of aromatic amines is 1. The van der Waals surface area contributed by atoms with E-state index in [1.54, 1.807) is 0 Å². The zero-order valence-electron chi connectivity index (χ0n) is 12.0. The molecule has 1 saturated carbocycles. The van der Waals surface area contributed by atoms with Gasteiger partial charge < -0.3 is 4.74 Å².